The molecule has 3 nitrogen and oxygen atoms in total. The molecule has 3 N–H and O–H groups in total. The van der Waals surface area contributed by atoms with E-state index in [1.165, 1.54) is 0 Å². The van der Waals surface area contributed by atoms with E-state index in [2.05, 4.69) is 0 Å². The average molecular weight is 182 g/mol. The lowest BCUT2D eigenvalue weighted by Gasteiger charge is -2.38. The smallest absolute Gasteiger partial charge is 0.311 e. The summed E-state index contributed by atoms with van der Waals surface area (Å²) in [5.41, 5.74) is 5.70. The summed E-state index contributed by atoms with van der Waals surface area (Å²) in [5.74, 6) is 1.00. The zero-order chi connectivity index (χ0) is 9.42. The van der Waals surface area contributed by atoms with E-state index >= 15 is 0 Å². The highest BCUT2D eigenvalue weighted by Crippen LogP contribution is 2.46. The lowest BCUT2D eigenvalue weighted by atomic mass is 9.69. The van der Waals surface area contributed by atoms with Crippen molar-refractivity contribution in [2.24, 2.45) is 17.6 Å². The van der Waals surface area contributed by atoms with Crippen molar-refractivity contribution >= 4 is 5.97 Å². The summed E-state index contributed by atoms with van der Waals surface area (Å²) in [6.45, 7) is 0. The molecule has 0 bridgehead atoms. The quantitative estimate of drug-likeness (QED) is 0.674. The highest BCUT2D eigenvalue weighted by atomic mass is 16.4. The van der Waals surface area contributed by atoms with E-state index in [0.717, 1.165) is 38.0 Å². The summed E-state index contributed by atoms with van der Waals surface area (Å²) < 4.78 is 0. The van der Waals surface area contributed by atoms with Gasteiger partial charge in [-0.2, -0.15) is 0 Å². The Kier molecular flexibility index (Phi) is 2.28. The summed E-state index contributed by atoms with van der Waals surface area (Å²) in [6, 6.07) is 0.334. The Bertz CT molecular complexity index is 211. The number of rotatable bonds is 2. The van der Waals surface area contributed by atoms with Crippen LogP contribution in [0.2, 0.25) is 0 Å². The van der Waals surface area contributed by atoms with Gasteiger partial charge in [0.1, 0.15) is 0 Å². The first-order chi connectivity index (χ1) is 6.18. The van der Waals surface area contributed by atoms with Crippen molar-refractivity contribution in [3.05, 3.63) is 5.92 Å². The van der Waals surface area contributed by atoms with E-state index < -0.39 is 5.97 Å². The van der Waals surface area contributed by atoms with Gasteiger partial charge in [0.25, 0.3) is 0 Å². The van der Waals surface area contributed by atoms with Gasteiger partial charge in [-0.15, -0.1) is 0 Å². The van der Waals surface area contributed by atoms with Crippen LogP contribution in [0.1, 0.15) is 32.1 Å². The second-order valence-corrected chi connectivity index (χ2v) is 4.32. The van der Waals surface area contributed by atoms with Crippen LogP contribution in [0.4, 0.5) is 0 Å². The molecule has 0 aliphatic heterocycles. The summed E-state index contributed by atoms with van der Waals surface area (Å²) in [4.78, 5) is 10.9. The Labute approximate surface area is 78.3 Å². The van der Waals surface area contributed by atoms with Crippen LogP contribution in [-0.4, -0.2) is 17.1 Å². The van der Waals surface area contributed by atoms with E-state index in [4.69, 9.17) is 10.8 Å². The molecule has 0 aromatic rings. The largest absolute Gasteiger partial charge is 0.481 e. The minimum atomic E-state index is -0.678. The molecule has 2 saturated carbocycles. The number of hydrogen-bond acceptors (Lipinski definition) is 2. The van der Waals surface area contributed by atoms with Crippen LogP contribution < -0.4 is 5.73 Å². The Balaban J connectivity index is 1.94. The molecule has 1 radical (unpaired) electrons. The molecule has 0 aromatic carbocycles. The standard InChI is InChI=1S/C10H16NO2/c11-7-4-6(5-7)8-2-1-3-9(8)10(12)13/h6-8H,1-5,11H2,(H,12,13). The fourth-order valence-corrected chi connectivity index (χ4v) is 2.70. The molecule has 2 aliphatic rings. The predicted octanol–water partition coefficient (Wildman–Crippen LogP) is 1.18. The fourth-order valence-electron chi connectivity index (χ4n) is 2.70. The minimum Gasteiger partial charge on any atom is -0.481 e. The van der Waals surface area contributed by atoms with Crippen LogP contribution in [0.5, 0.6) is 0 Å². The van der Waals surface area contributed by atoms with Gasteiger partial charge in [0.05, 0.1) is 5.92 Å². The van der Waals surface area contributed by atoms with Gasteiger partial charge in [-0.05, 0) is 37.5 Å². The van der Waals surface area contributed by atoms with Crippen LogP contribution in [0.25, 0.3) is 0 Å². The van der Waals surface area contributed by atoms with Crippen molar-refractivity contribution in [1.29, 1.82) is 0 Å². The fraction of sp³-hybridized carbons (Fsp3) is 0.800. The maximum atomic E-state index is 10.9. The third kappa shape index (κ3) is 1.57. The zero-order valence-corrected chi connectivity index (χ0v) is 7.70. The molecule has 0 aromatic heterocycles. The van der Waals surface area contributed by atoms with Crippen molar-refractivity contribution in [2.45, 2.75) is 38.1 Å². The average Bonchev–Trinajstić information content (AvgIpc) is 2.45. The van der Waals surface area contributed by atoms with E-state index in [-0.39, 0.29) is 0 Å². The first kappa shape index (κ1) is 9.00. The molecule has 2 rings (SSSR count). The molecule has 1 atom stereocenters. The van der Waals surface area contributed by atoms with Crippen molar-refractivity contribution in [1.82, 2.24) is 0 Å². The minimum absolute atomic E-state index is 0.334. The molecule has 1 unspecified atom stereocenters. The SMILES string of the molecule is NC1CC(C2CCC[C]2C(=O)O)C1. The van der Waals surface area contributed by atoms with Crippen LogP contribution in [0.3, 0.4) is 0 Å². The van der Waals surface area contributed by atoms with Crippen LogP contribution >= 0.6 is 0 Å². The Morgan fingerprint density at radius 3 is 2.69 bits per heavy atom. The molecule has 73 valence electrons. The summed E-state index contributed by atoms with van der Waals surface area (Å²) >= 11 is 0. The van der Waals surface area contributed by atoms with Gasteiger partial charge >= 0.3 is 5.97 Å². The van der Waals surface area contributed by atoms with Gasteiger partial charge in [-0.3, -0.25) is 4.79 Å². The molecule has 2 aliphatic carbocycles. The molecule has 0 amide bonds. The number of carbonyl (C=O) groups is 1. The maximum Gasteiger partial charge on any atom is 0.311 e. The van der Waals surface area contributed by atoms with Gasteiger partial charge in [-0.1, -0.05) is 6.42 Å². The third-order valence-corrected chi connectivity index (χ3v) is 3.46. The van der Waals surface area contributed by atoms with Gasteiger partial charge in [0.15, 0.2) is 0 Å². The van der Waals surface area contributed by atoms with Crippen molar-refractivity contribution in [2.75, 3.05) is 0 Å². The monoisotopic (exact) mass is 182 g/mol. The number of nitrogens with two attached hydrogens (primary N) is 1. The van der Waals surface area contributed by atoms with Crippen molar-refractivity contribution < 1.29 is 9.90 Å². The van der Waals surface area contributed by atoms with Gasteiger partial charge < -0.3 is 10.8 Å². The van der Waals surface area contributed by atoms with Gasteiger partial charge in [-0.25, -0.2) is 0 Å². The molecule has 13 heavy (non-hydrogen) atoms. The van der Waals surface area contributed by atoms with Gasteiger partial charge in [0.2, 0.25) is 0 Å². The topological polar surface area (TPSA) is 63.3 Å². The second-order valence-electron chi connectivity index (χ2n) is 4.32. The highest BCUT2D eigenvalue weighted by molar-refractivity contribution is 5.83. The Morgan fingerprint density at radius 1 is 1.46 bits per heavy atom. The zero-order valence-electron chi connectivity index (χ0n) is 7.70. The molecule has 0 spiro atoms. The molecular weight excluding hydrogens is 166 g/mol. The maximum absolute atomic E-state index is 10.9. The summed E-state index contributed by atoms with van der Waals surface area (Å²) in [5, 5.41) is 8.95. The molecular formula is C10H16NO2. The first-order valence-electron chi connectivity index (χ1n) is 5.03. The first-order valence-corrected chi connectivity index (χ1v) is 5.03. The highest BCUT2D eigenvalue weighted by Gasteiger charge is 2.42. The van der Waals surface area contributed by atoms with Gasteiger partial charge in [0, 0.05) is 6.04 Å². The van der Waals surface area contributed by atoms with E-state index in [1.54, 1.807) is 0 Å². The third-order valence-electron chi connectivity index (χ3n) is 3.46. The summed E-state index contributed by atoms with van der Waals surface area (Å²) in [7, 11) is 0. The van der Waals surface area contributed by atoms with E-state index in [9.17, 15) is 4.79 Å². The second kappa shape index (κ2) is 3.29. The number of aliphatic carboxylic acids is 1. The van der Waals surface area contributed by atoms with Crippen molar-refractivity contribution in [3.63, 3.8) is 0 Å². The van der Waals surface area contributed by atoms with E-state index in [0.29, 0.717) is 17.9 Å². The molecule has 0 heterocycles. The Hall–Kier alpha value is -0.570. The van der Waals surface area contributed by atoms with E-state index in [1.807, 2.05) is 0 Å². The predicted molar refractivity (Wildman–Crippen MR) is 48.9 cm³/mol. The van der Waals surface area contributed by atoms with Crippen LogP contribution in [0.15, 0.2) is 0 Å². The summed E-state index contributed by atoms with van der Waals surface area (Å²) in [6.07, 6.45) is 4.98. The van der Waals surface area contributed by atoms with Crippen LogP contribution in [-0.2, 0) is 4.79 Å². The number of carboxylic acids is 1. The molecule has 2 fully saturated rings. The lowest BCUT2D eigenvalue weighted by molar-refractivity contribution is -0.136. The van der Waals surface area contributed by atoms with Crippen LogP contribution in [0, 0.1) is 17.8 Å². The van der Waals surface area contributed by atoms with Crippen molar-refractivity contribution in [3.8, 4) is 0 Å². The Morgan fingerprint density at radius 2 is 2.15 bits per heavy atom. The normalized spacial score (nSPS) is 40.2. The number of hydrogen-bond donors (Lipinski definition) is 2. The molecule has 0 saturated heterocycles. The molecule has 3 heteroatoms. The number of carboxylic acid groups (broad SMARTS) is 1. The lowest BCUT2D eigenvalue weighted by Crippen LogP contribution is -2.41.